The normalized spacial score (nSPS) is 20.7. The highest BCUT2D eigenvalue weighted by Crippen LogP contribution is 2.45. The van der Waals surface area contributed by atoms with Crippen molar-refractivity contribution in [3.63, 3.8) is 0 Å². The molecule has 0 aromatic heterocycles. The Morgan fingerprint density at radius 1 is 0.250 bits per heavy atom. The zero-order chi connectivity index (χ0) is 104. The number of hydrogen-bond acceptors (Lipinski definition) is 12. The van der Waals surface area contributed by atoms with E-state index in [0.717, 1.165) is 64.8 Å². The quantitative estimate of drug-likeness (QED) is 0.171. The van der Waals surface area contributed by atoms with Crippen LogP contribution in [0.1, 0.15) is 449 Å². The van der Waals surface area contributed by atoms with Crippen molar-refractivity contribution in [2.45, 2.75) is 515 Å². The lowest BCUT2D eigenvalue weighted by Gasteiger charge is -2.49. The molecule has 0 bridgehead atoms. The number of rotatable bonds is 0. The Labute approximate surface area is 852 Å². The molecule has 2 atom stereocenters. The molecule has 2 unspecified atom stereocenters. The molecular formula is C121H240N12O3. The summed E-state index contributed by atoms with van der Waals surface area (Å²) in [6.07, 6.45) is 18.4. The summed E-state index contributed by atoms with van der Waals surface area (Å²) in [5, 5.41) is 0. The lowest BCUT2D eigenvalue weighted by Crippen LogP contribution is -2.63. The lowest BCUT2D eigenvalue weighted by molar-refractivity contribution is -0.158. The number of carbonyl (C=O) groups is 3. The fraction of sp³-hybridized carbons (Fsp3) is 0.843. The van der Waals surface area contributed by atoms with E-state index in [1.807, 2.05) is 46.4 Å². The Morgan fingerprint density at radius 3 is 0.772 bits per heavy atom. The molecule has 802 valence electrons. The van der Waals surface area contributed by atoms with Crippen molar-refractivity contribution < 1.29 is 14.4 Å². The molecule has 5 fully saturated rings. The van der Waals surface area contributed by atoms with Crippen molar-refractivity contribution in [1.82, 2.24) is 58.8 Å². The lowest BCUT2D eigenvalue weighted by atomic mass is 9.74. The Morgan fingerprint density at radius 2 is 0.537 bits per heavy atom. The number of allylic oxidation sites excluding steroid dienone is 2. The zero-order valence-corrected chi connectivity index (χ0v) is 98.4. The summed E-state index contributed by atoms with van der Waals surface area (Å²) in [5.74, 6) is 1.57. The van der Waals surface area contributed by atoms with Crippen LogP contribution in [0.5, 0.6) is 0 Å². The first-order valence-electron chi connectivity index (χ1n) is 51.6. The van der Waals surface area contributed by atoms with Gasteiger partial charge in [0.25, 0.3) is 5.91 Å². The predicted molar refractivity (Wildman–Crippen MR) is 609 cm³/mol. The molecular weight excluding hydrogens is 1670 g/mol. The van der Waals surface area contributed by atoms with E-state index in [1.54, 1.807) is 32.1 Å². The number of carbonyl (C=O) groups excluding carboxylic acids is 3. The van der Waals surface area contributed by atoms with Gasteiger partial charge in [0, 0.05) is 188 Å². The first kappa shape index (κ1) is 138. The molecule has 5 saturated heterocycles. The van der Waals surface area contributed by atoms with Crippen LogP contribution in [0.4, 0.5) is 0 Å². The maximum Gasteiger partial charge on any atom is 0.270 e. The number of likely N-dealkylation sites (tertiary alicyclic amines) is 2. The Balaban J connectivity index is -0.000000719. The molecule has 0 radical (unpaired) electrons. The molecule has 0 saturated carbocycles. The van der Waals surface area contributed by atoms with E-state index in [-0.39, 0.29) is 105 Å². The summed E-state index contributed by atoms with van der Waals surface area (Å²) in [5.41, 5.74) is 14.6. The molecule has 0 aliphatic carbocycles. The van der Waals surface area contributed by atoms with E-state index in [1.165, 1.54) is 101 Å². The van der Waals surface area contributed by atoms with Crippen LogP contribution in [0.3, 0.4) is 0 Å². The number of piperazine rings is 3. The van der Waals surface area contributed by atoms with Crippen LogP contribution in [0, 0.1) is 44.3 Å². The van der Waals surface area contributed by atoms with Crippen LogP contribution in [-0.2, 0) is 14.4 Å². The summed E-state index contributed by atoms with van der Waals surface area (Å²) < 4.78 is 0. The molecule has 15 nitrogen and oxygen atoms in total. The van der Waals surface area contributed by atoms with Crippen molar-refractivity contribution in [2.75, 3.05) is 111 Å². The van der Waals surface area contributed by atoms with Gasteiger partial charge in [-0.05, 0) is 333 Å². The largest absolute Gasteiger partial charge is 0.370 e. The van der Waals surface area contributed by atoms with Gasteiger partial charge in [0.1, 0.15) is 13.1 Å². The fourth-order valence-corrected chi connectivity index (χ4v) is 18.7. The molecule has 0 spiro atoms. The predicted octanol–water partition coefficient (Wildman–Crippen LogP) is 30.3. The summed E-state index contributed by atoms with van der Waals surface area (Å²) in [6, 6.07) is 0. The van der Waals surface area contributed by atoms with E-state index in [2.05, 4.69) is 427 Å². The molecule has 9 rings (SSSR count). The summed E-state index contributed by atoms with van der Waals surface area (Å²) in [7, 11) is 0. The third-order valence-electron chi connectivity index (χ3n) is 28.1. The highest BCUT2D eigenvalue weighted by molar-refractivity contribution is 5.94. The minimum Gasteiger partial charge on any atom is -0.370 e. The molecule has 15 heteroatoms. The van der Waals surface area contributed by atoms with Crippen molar-refractivity contribution in [3.8, 4) is 0 Å². The third kappa shape index (κ3) is 45.9. The van der Waals surface area contributed by atoms with Gasteiger partial charge in [-0.3, -0.25) is 38.9 Å². The smallest absolute Gasteiger partial charge is 0.270 e. The topological polar surface area (TPSA) is 90.1 Å². The van der Waals surface area contributed by atoms with E-state index >= 15 is 0 Å². The first-order chi connectivity index (χ1) is 58.3. The van der Waals surface area contributed by atoms with Gasteiger partial charge in [0.2, 0.25) is 11.8 Å². The Bertz CT molecular complexity index is 3530. The van der Waals surface area contributed by atoms with E-state index in [9.17, 15) is 14.4 Å². The van der Waals surface area contributed by atoms with E-state index in [4.69, 9.17) is 0 Å². The highest BCUT2D eigenvalue weighted by Gasteiger charge is 2.44. The highest BCUT2D eigenvalue weighted by atomic mass is 16.2. The van der Waals surface area contributed by atoms with E-state index in [0.29, 0.717) is 66.3 Å². The molecule has 9 aliphatic heterocycles. The van der Waals surface area contributed by atoms with Crippen LogP contribution < -0.4 is 0 Å². The van der Waals surface area contributed by atoms with Crippen molar-refractivity contribution in [2.24, 2.45) is 44.3 Å². The van der Waals surface area contributed by atoms with Gasteiger partial charge in [-0.15, -0.1) is 0 Å². The van der Waals surface area contributed by atoms with Crippen LogP contribution in [-0.4, -0.2) is 254 Å². The monoisotopic (exact) mass is 1910 g/mol. The average Bonchev–Trinajstić information content (AvgIpc) is 1.26. The summed E-state index contributed by atoms with van der Waals surface area (Å²) in [6.45, 7) is 154. The van der Waals surface area contributed by atoms with Gasteiger partial charge in [-0.25, -0.2) is 0 Å². The van der Waals surface area contributed by atoms with Crippen LogP contribution >= 0.6 is 0 Å². The van der Waals surface area contributed by atoms with Gasteiger partial charge in [0.15, 0.2) is 0 Å². The van der Waals surface area contributed by atoms with Gasteiger partial charge < -0.3 is 34.3 Å². The number of piperidine rings is 1. The molecule has 136 heavy (non-hydrogen) atoms. The summed E-state index contributed by atoms with van der Waals surface area (Å²) >= 11 is 0. The summed E-state index contributed by atoms with van der Waals surface area (Å²) in [4.78, 5) is 63.6. The van der Waals surface area contributed by atoms with Gasteiger partial charge >= 0.3 is 0 Å². The van der Waals surface area contributed by atoms with E-state index < -0.39 is 0 Å². The number of nitrogens with zero attached hydrogens (tertiary/aromatic N) is 12. The van der Waals surface area contributed by atoms with Crippen molar-refractivity contribution in [1.29, 1.82) is 0 Å². The number of hydrogen-bond donors (Lipinski definition) is 0. The second-order valence-corrected chi connectivity index (χ2v) is 58.1. The van der Waals surface area contributed by atoms with Crippen molar-refractivity contribution in [3.05, 3.63) is 95.7 Å². The minimum absolute atomic E-state index is 0. The maximum absolute atomic E-state index is 12.2. The molecule has 3 amide bonds. The van der Waals surface area contributed by atoms with Gasteiger partial charge in [0.05, 0.1) is 5.70 Å². The second kappa shape index (κ2) is 51.2. The molecule has 0 N–H and O–H groups in total. The SMILES string of the molecule is C.C.C.C.C=C1C(=O)N(C(C)(C)C)CCN1C(C)(C)C.C=C1C(C(C)(C)C)CCN1C(C)(C)C.C=C1CC(C(C)(C)C)CCN1C(C)(C)C.C=C1CN(C(C)(C)C)CCN1C(C)(C)C.CC(C)(C)C1=CCCN(C(C)(C)C)CC1.CC(C)(C)C1=CCCN(C(C)(C)C)CC1.CC(C)(C)C1=CCN(C(C)(C)C)C1.CC(C)(C)C1=CCN(C(C)(C)C)C1.CC(C)(C)N1CC(=O)N(C(C)(C)C)CC1=O. The average molecular weight is 1910 g/mol. The molecule has 9 heterocycles. The maximum atomic E-state index is 12.2. The van der Waals surface area contributed by atoms with Crippen LogP contribution in [0.15, 0.2) is 95.7 Å². The zero-order valence-electron chi connectivity index (χ0n) is 98.4. The van der Waals surface area contributed by atoms with Crippen LogP contribution in [0.25, 0.3) is 0 Å². The molecule has 9 aliphatic rings. The molecule has 0 aromatic carbocycles. The van der Waals surface area contributed by atoms with Gasteiger partial charge in [-0.2, -0.15) is 0 Å². The standard InChI is InChI=1S/3C14H27N.C13H24N2O.C13H26N2.C13H25N.C12H22N2O2.2C12H23N.4CH4/c1-11-10-12(13(2,3)4)8-9-15(11)14(5,6)7;2*1-13(2,3)12-8-7-10-15(11-9-12)14(4,5)6;1-10-11(16)15(13(5,6)7)9-8-14(10)12(2,3)4;1-11-10-14(12(2,3)4)8-9-15(11)13(5,6)7;1-10-11(12(2,3)4)8-9-14(10)13(5,6)7;1-11(2,3)13-7-10(16)14(8-9(13)15)12(4,5)6;2*1-11(2,3)10-7-8-13(9-10)12(4,5)6;;;;/h12H,1,8-10H2,2-7H3;2*8H,7,9-11H2,1-6H3;1,8-9H2,2-7H3;1,8-10H2,2-7H3;11H,1,8-9H2,2-7H3;7-8H2,1-6H3;2*7H,8-9H2,1-6H3;4*1H4. The third-order valence-corrected chi connectivity index (χ3v) is 28.1. The molecule has 0 aromatic rings. The minimum atomic E-state index is -0.281. The Hall–Kier alpha value is -4.67. The fourth-order valence-electron chi connectivity index (χ4n) is 18.7. The van der Waals surface area contributed by atoms with Gasteiger partial charge in [-0.1, -0.05) is 227 Å². The number of amides is 3. The first-order valence-corrected chi connectivity index (χ1v) is 51.6. The van der Waals surface area contributed by atoms with Crippen LogP contribution in [0.2, 0.25) is 0 Å². The van der Waals surface area contributed by atoms with Crippen molar-refractivity contribution >= 4 is 17.7 Å². The second-order valence-electron chi connectivity index (χ2n) is 58.1. The Kier molecular flexibility index (Phi) is 51.8.